The van der Waals surface area contributed by atoms with Gasteiger partial charge < -0.3 is 5.32 Å². The fraction of sp³-hybridized carbons (Fsp3) is 0.818. The summed E-state index contributed by atoms with van der Waals surface area (Å²) in [5.74, 6) is 0.670. The van der Waals surface area contributed by atoms with Crippen molar-refractivity contribution in [2.24, 2.45) is 5.92 Å². The summed E-state index contributed by atoms with van der Waals surface area (Å²) in [6, 6.07) is 0. The molecule has 1 N–H and O–H groups in total. The molecule has 1 heterocycles. The van der Waals surface area contributed by atoms with E-state index in [1.807, 2.05) is 10.9 Å². The van der Waals surface area contributed by atoms with Crippen LogP contribution in [-0.2, 0) is 13.1 Å². The van der Waals surface area contributed by atoms with Crippen LogP contribution in [0.5, 0.6) is 0 Å². The second kappa shape index (κ2) is 6.56. The van der Waals surface area contributed by atoms with E-state index in [9.17, 15) is 0 Å². The zero-order chi connectivity index (χ0) is 11.1. The molecule has 0 saturated heterocycles. The third-order valence-electron chi connectivity index (χ3n) is 2.51. The lowest BCUT2D eigenvalue weighted by Gasteiger charge is -2.06. The fourth-order valence-electron chi connectivity index (χ4n) is 1.35. The van der Waals surface area contributed by atoms with Crippen LogP contribution in [-0.4, -0.2) is 21.5 Å². The van der Waals surface area contributed by atoms with Crippen molar-refractivity contribution < 1.29 is 0 Å². The second-order valence-electron chi connectivity index (χ2n) is 4.12. The lowest BCUT2D eigenvalue weighted by Crippen LogP contribution is -2.14. The maximum absolute atomic E-state index is 4.13. The molecule has 0 fully saturated rings. The maximum atomic E-state index is 4.13. The van der Waals surface area contributed by atoms with Gasteiger partial charge in [-0.15, -0.1) is 5.10 Å². The van der Waals surface area contributed by atoms with Gasteiger partial charge in [-0.2, -0.15) is 0 Å². The Bertz CT molecular complexity index is 269. The predicted molar refractivity (Wildman–Crippen MR) is 61.5 cm³/mol. The van der Waals surface area contributed by atoms with Crippen molar-refractivity contribution in [1.29, 1.82) is 0 Å². The lowest BCUT2D eigenvalue weighted by atomic mass is 10.1. The summed E-state index contributed by atoms with van der Waals surface area (Å²) < 4.78 is 1.94. The van der Waals surface area contributed by atoms with Crippen molar-refractivity contribution in [3.05, 3.63) is 11.9 Å². The minimum Gasteiger partial charge on any atom is -0.311 e. The molecule has 1 atom stereocenters. The van der Waals surface area contributed by atoms with Crippen LogP contribution in [0.3, 0.4) is 0 Å². The van der Waals surface area contributed by atoms with Crippen molar-refractivity contribution in [3.63, 3.8) is 0 Å². The topological polar surface area (TPSA) is 42.7 Å². The Morgan fingerprint density at radius 2 is 2.27 bits per heavy atom. The van der Waals surface area contributed by atoms with E-state index in [0.29, 0.717) is 5.92 Å². The normalized spacial score (nSPS) is 13.0. The van der Waals surface area contributed by atoms with E-state index in [1.54, 1.807) is 0 Å². The monoisotopic (exact) mass is 210 g/mol. The number of aromatic nitrogens is 3. The van der Waals surface area contributed by atoms with Gasteiger partial charge in [0, 0.05) is 19.3 Å². The van der Waals surface area contributed by atoms with Gasteiger partial charge in [0.1, 0.15) is 0 Å². The largest absolute Gasteiger partial charge is 0.311 e. The van der Waals surface area contributed by atoms with Crippen LogP contribution in [0.2, 0.25) is 0 Å². The summed E-state index contributed by atoms with van der Waals surface area (Å²) in [6.45, 7) is 9.43. The van der Waals surface area contributed by atoms with Crippen molar-refractivity contribution in [2.45, 2.75) is 46.7 Å². The molecule has 0 aliphatic heterocycles. The molecule has 0 bridgehead atoms. The molecule has 15 heavy (non-hydrogen) atoms. The zero-order valence-corrected chi connectivity index (χ0v) is 10.0. The molecule has 0 aliphatic carbocycles. The molecule has 0 spiro atoms. The number of nitrogens with one attached hydrogen (secondary N) is 1. The highest BCUT2D eigenvalue weighted by Gasteiger charge is 2.03. The van der Waals surface area contributed by atoms with E-state index in [4.69, 9.17) is 0 Å². The number of hydrogen-bond acceptors (Lipinski definition) is 3. The van der Waals surface area contributed by atoms with E-state index in [-0.39, 0.29) is 0 Å². The second-order valence-corrected chi connectivity index (χ2v) is 4.12. The van der Waals surface area contributed by atoms with Crippen LogP contribution >= 0.6 is 0 Å². The van der Waals surface area contributed by atoms with E-state index in [2.05, 4.69) is 36.4 Å². The maximum Gasteiger partial charge on any atom is 0.0964 e. The summed E-state index contributed by atoms with van der Waals surface area (Å²) >= 11 is 0. The summed E-state index contributed by atoms with van der Waals surface area (Å²) in [6.07, 6.45) is 4.37. The summed E-state index contributed by atoms with van der Waals surface area (Å²) in [5, 5.41) is 11.6. The van der Waals surface area contributed by atoms with Gasteiger partial charge in [-0.3, -0.25) is 4.68 Å². The first-order valence-corrected chi connectivity index (χ1v) is 5.86. The van der Waals surface area contributed by atoms with E-state index in [0.717, 1.165) is 31.7 Å². The number of nitrogens with zero attached hydrogens (tertiary/aromatic N) is 3. The summed E-state index contributed by atoms with van der Waals surface area (Å²) in [7, 11) is 0. The Hall–Kier alpha value is -0.900. The van der Waals surface area contributed by atoms with Crippen molar-refractivity contribution in [2.75, 3.05) is 6.54 Å². The molecule has 0 amide bonds. The van der Waals surface area contributed by atoms with Gasteiger partial charge in [-0.1, -0.05) is 32.4 Å². The van der Waals surface area contributed by atoms with Gasteiger partial charge in [-0.25, -0.2) is 0 Å². The van der Waals surface area contributed by atoms with Gasteiger partial charge in [0.05, 0.1) is 5.69 Å². The molecule has 0 saturated carbocycles. The standard InChI is InChI=1S/C11H22N4/c1-4-6-12-7-11-9-15(14-13-11)8-10(3)5-2/h9-10,12H,4-8H2,1-3H3. The Kier molecular flexibility index (Phi) is 5.32. The molecule has 4 heteroatoms. The van der Waals surface area contributed by atoms with Crippen LogP contribution in [0.4, 0.5) is 0 Å². The van der Waals surface area contributed by atoms with Crippen LogP contribution < -0.4 is 5.32 Å². The minimum absolute atomic E-state index is 0.670. The van der Waals surface area contributed by atoms with Gasteiger partial charge in [-0.05, 0) is 18.9 Å². The molecule has 4 nitrogen and oxygen atoms in total. The molecule has 86 valence electrons. The zero-order valence-electron chi connectivity index (χ0n) is 10.0. The average molecular weight is 210 g/mol. The van der Waals surface area contributed by atoms with Crippen LogP contribution in [0.25, 0.3) is 0 Å². The molecular weight excluding hydrogens is 188 g/mol. The van der Waals surface area contributed by atoms with E-state index in [1.165, 1.54) is 6.42 Å². The lowest BCUT2D eigenvalue weighted by molar-refractivity contribution is 0.431. The molecule has 0 aromatic carbocycles. The molecule has 1 aromatic rings. The molecule has 0 aliphatic rings. The summed E-state index contributed by atoms with van der Waals surface area (Å²) in [5.41, 5.74) is 1.03. The molecular formula is C11H22N4. The van der Waals surface area contributed by atoms with E-state index < -0.39 is 0 Å². The Balaban J connectivity index is 2.35. The smallest absolute Gasteiger partial charge is 0.0964 e. The number of rotatable bonds is 7. The highest BCUT2D eigenvalue weighted by atomic mass is 15.4. The molecule has 0 radical (unpaired) electrons. The first kappa shape index (κ1) is 12.2. The van der Waals surface area contributed by atoms with E-state index >= 15 is 0 Å². The first-order chi connectivity index (χ1) is 7.26. The highest BCUT2D eigenvalue weighted by molar-refractivity contribution is 4.91. The van der Waals surface area contributed by atoms with Crippen LogP contribution in [0.15, 0.2) is 6.20 Å². The Labute approximate surface area is 92.1 Å². The van der Waals surface area contributed by atoms with Gasteiger partial charge in [0.2, 0.25) is 0 Å². The quantitative estimate of drug-likeness (QED) is 0.698. The highest BCUT2D eigenvalue weighted by Crippen LogP contribution is 2.04. The third kappa shape index (κ3) is 4.42. The average Bonchev–Trinajstić information content (AvgIpc) is 2.66. The third-order valence-corrected chi connectivity index (χ3v) is 2.51. The van der Waals surface area contributed by atoms with Crippen molar-refractivity contribution in [1.82, 2.24) is 20.3 Å². The predicted octanol–water partition coefficient (Wildman–Crippen LogP) is 1.82. The Morgan fingerprint density at radius 3 is 2.93 bits per heavy atom. The van der Waals surface area contributed by atoms with Gasteiger partial charge >= 0.3 is 0 Å². The van der Waals surface area contributed by atoms with Crippen LogP contribution in [0, 0.1) is 5.92 Å². The van der Waals surface area contributed by atoms with Crippen molar-refractivity contribution in [3.8, 4) is 0 Å². The Morgan fingerprint density at radius 1 is 1.47 bits per heavy atom. The van der Waals surface area contributed by atoms with Crippen LogP contribution in [0.1, 0.15) is 39.3 Å². The number of hydrogen-bond donors (Lipinski definition) is 1. The summed E-state index contributed by atoms with van der Waals surface area (Å²) in [4.78, 5) is 0. The first-order valence-electron chi connectivity index (χ1n) is 5.86. The van der Waals surface area contributed by atoms with Gasteiger partial charge in [0.15, 0.2) is 0 Å². The molecule has 1 aromatic heterocycles. The van der Waals surface area contributed by atoms with Crippen molar-refractivity contribution >= 4 is 0 Å². The molecule has 1 unspecified atom stereocenters. The SMILES string of the molecule is CCCNCc1cn(CC(C)CC)nn1. The van der Waals surface area contributed by atoms with Gasteiger partial charge in [0.25, 0.3) is 0 Å². The molecule has 1 rings (SSSR count). The fourth-order valence-corrected chi connectivity index (χ4v) is 1.35. The minimum atomic E-state index is 0.670.